The lowest BCUT2D eigenvalue weighted by molar-refractivity contribution is 0.0710. The second-order valence-corrected chi connectivity index (χ2v) is 6.25. The van der Waals surface area contributed by atoms with Crippen molar-refractivity contribution in [3.8, 4) is 0 Å². The van der Waals surface area contributed by atoms with E-state index in [2.05, 4.69) is 41.5 Å². The summed E-state index contributed by atoms with van der Waals surface area (Å²) in [6, 6.07) is 10.5. The zero-order valence-corrected chi connectivity index (χ0v) is 14.3. The van der Waals surface area contributed by atoms with Crippen LogP contribution in [-0.4, -0.2) is 68.3 Å². The molecule has 1 aliphatic rings. The van der Waals surface area contributed by atoms with Crippen molar-refractivity contribution >= 4 is 6.03 Å². The molecule has 0 aliphatic carbocycles. The molecule has 1 N–H and O–H groups in total. The molecule has 1 aliphatic heterocycles. The molecular weight excluding hydrogens is 290 g/mol. The van der Waals surface area contributed by atoms with Gasteiger partial charge in [-0.25, -0.2) is 4.79 Å². The maximum atomic E-state index is 12.2. The van der Waals surface area contributed by atoms with Gasteiger partial charge in [0.2, 0.25) is 0 Å². The Bertz CT molecular complexity index is 467. The minimum absolute atomic E-state index is 0.0267. The van der Waals surface area contributed by atoms with E-state index in [-0.39, 0.29) is 12.1 Å². The van der Waals surface area contributed by atoms with Crippen molar-refractivity contribution in [2.75, 3.05) is 46.4 Å². The lowest BCUT2D eigenvalue weighted by atomic mass is 10.1. The fourth-order valence-electron chi connectivity index (χ4n) is 2.72. The summed E-state index contributed by atoms with van der Waals surface area (Å²) in [5, 5.41) is 3.02. The molecular formula is C18H29N3O2. The third-order valence-electron chi connectivity index (χ3n) is 4.13. The predicted octanol–water partition coefficient (Wildman–Crippen LogP) is 1.98. The van der Waals surface area contributed by atoms with Gasteiger partial charge in [-0.05, 0) is 32.4 Å². The number of urea groups is 1. The van der Waals surface area contributed by atoms with Gasteiger partial charge in [-0.1, -0.05) is 30.3 Å². The van der Waals surface area contributed by atoms with Gasteiger partial charge >= 0.3 is 6.03 Å². The van der Waals surface area contributed by atoms with Gasteiger partial charge in [0.15, 0.2) is 0 Å². The topological polar surface area (TPSA) is 44.8 Å². The van der Waals surface area contributed by atoms with Gasteiger partial charge < -0.3 is 19.9 Å². The highest BCUT2D eigenvalue weighted by Crippen LogP contribution is 2.05. The molecule has 128 valence electrons. The van der Waals surface area contributed by atoms with Crippen LogP contribution in [0.3, 0.4) is 0 Å². The first-order valence-corrected chi connectivity index (χ1v) is 8.52. The number of likely N-dealkylation sites (N-methyl/N-ethyl adjacent to an activating group) is 1. The van der Waals surface area contributed by atoms with Crippen LogP contribution >= 0.6 is 0 Å². The number of nitrogens with zero attached hydrogens (tertiary/aromatic N) is 2. The summed E-state index contributed by atoms with van der Waals surface area (Å²) in [5.41, 5.74) is 1.35. The average Bonchev–Trinajstić information content (AvgIpc) is 2.78. The molecule has 0 aromatic heterocycles. The molecule has 5 nitrogen and oxygen atoms in total. The summed E-state index contributed by atoms with van der Waals surface area (Å²) >= 11 is 0. The number of carbonyl (C=O) groups is 1. The maximum absolute atomic E-state index is 12.2. The first kappa shape index (κ1) is 17.8. The third kappa shape index (κ3) is 6.59. The molecule has 0 unspecified atom stereocenters. The number of rotatable bonds is 6. The van der Waals surface area contributed by atoms with Crippen LogP contribution in [0.4, 0.5) is 4.79 Å². The summed E-state index contributed by atoms with van der Waals surface area (Å²) in [6.07, 6.45) is 2.07. The molecule has 0 radical (unpaired) electrons. The lowest BCUT2D eigenvalue weighted by Crippen LogP contribution is -2.45. The Balaban J connectivity index is 1.62. The highest BCUT2D eigenvalue weighted by Gasteiger charge is 2.19. The molecule has 5 heteroatoms. The molecule has 23 heavy (non-hydrogen) atoms. The van der Waals surface area contributed by atoms with E-state index in [1.807, 2.05) is 17.9 Å². The predicted molar refractivity (Wildman–Crippen MR) is 92.6 cm³/mol. The van der Waals surface area contributed by atoms with Gasteiger partial charge in [0, 0.05) is 39.3 Å². The monoisotopic (exact) mass is 319 g/mol. The van der Waals surface area contributed by atoms with Crippen molar-refractivity contribution in [2.45, 2.75) is 25.9 Å². The van der Waals surface area contributed by atoms with E-state index < -0.39 is 0 Å². The number of nitrogens with one attached hydrogen (secondary N) is 1. The SMILES string of the molecule is C[C@H]1CN(C(=O)NCCN(C)CCc2ccccc2)CCCO1. The molecule has 1 fully saturated rings. The quantitative estimate of drug-likeness (QED) is 0.872. The largest absolute Gasteiger partial charge is 0.377 e. The van der Waals surface area contributed by atoms with Crippen LogP contribution in [-0.2, 0) is 11.2 Å². The molecule has 2 amide bonds. The van der Waals surface area contributed by atoms with Crippen molar-refractivity contribution in [2.24, 2.45) is 0 Å². The third-order valence-corrected chi connectivity index (χ3v) is 4.13. The smallest absolute Gasteiger partial charge is 0.317 e. The fourth-order valence-corrected chi connectivity index (χ4v) is 2.72. The van der Waals surface area contributed by atoms with E-state index in [1.54, 1.807) is 0 Å². The second kappa shape index (κ2) is 9.53. The number of ether oxygens (including phenoxy) is 1. The van der Waals surface area contributed by atoms with Gasteiger partial charge in [-0.3, -0.25) is 0 Å². The first-order valence-electron chi connectivity index (χ1n) is 8.52. The van der Waals surface area contributed by atoms with Crippen molar-refractivity contribution in [1.29, 1.82) is 0 Å². The molecule has 1 aromatic rings. The van der Waals surface area contributed by atoms with Crippen molar-refractivity contribution in [1.82, 2.24) is 15.1 Å². The van der Waals surface area contributed by atoms with Gasteiger partial charge in [0.25, 0.3) is 0 Å². The molecule has 0 spiro atoms. The van der Waals surface area contributed by atoms with E-state index in [0.717, 1.165) is 39.1 Å². The first-order chi connectivity index (χ1) is 11.1. The van der Waals surface area contributed by atoms with E-state index in [4.69, 9.17) is 4.74 Å². The van der Waals surface area contributed by atoms with Crippen molar-refractivity contribution in [3.63, 3.8) is 0 Å². The Labute approximate surface area is 139 Å². The van der Waals surface area contributed by atoms with Crippen LogP contribution in [0.15, 0.2) is 30.3 Å². The average molecular weight is 319 g/mol. The summed E-state index contributed by atoms with van der Waals surface area (Å²) in [6.45, 7) is 6.74. The van der Waals surface area contributed by atoms with Crippen LogP contribution in [0.5, 0.6) is 0 Å². The van der Waals surface area contributed by atoms with E-state index in [0.29, 0.717) is 13.1 Å². The molecule has 1 heterocycles. The zero-order chi connectivity index (χ0) is 16.5. The van der Waals surface area contributed by atoms with Gasteiger partial charge in [0.05, 0.1) is 6.10 Å². The number of hydrogen-bond donors (Lipinski definition) is 1. The number of benzene rings is 1. The molecule has 1 atom stereocenters. The van der Waals surface area contributed by atoms with E-state index >= 15 is 0 Å². The second-order valence-electron chi connectivity index (χ2n) is 6.25. The van der Waals surface area contributed by atoms with Crippen LogP contribution in [0.1, 0.15) is 18.9 Å². The minimum Gasteiger partial charge on any atom is -0.377 e. The van der Waals surface area contributed by atoms with Crippen LogP contribution in [0.25, 0.3) is 0 Å². The lowest BCUT2D eigenvalue weighted by Gasteiger charge is -2.23. The number of amides is 2. The zero-order valence-electron chi connectivity index (χ0n) is 14.3. The molecule has 1 aromatic carbocycles. The van der Waals surface area contributed by atoms with E-state index in [1.165, 1.54) is 5.56 Å². The molecule has 0 saturated carbocycles. The Morgan fingerprint density at radius 3 is 2.91 bits per heavy atom. The minimum atomic E-state index is 0.0267. The van der Waals surface area contributed by atoms with Crippen LogP contribution in [0.2, 0.25) is 0 Å². The van der Waals surface area contributed by atoms with Gasteiger partial charge in [-0.15, -0.1) is 0 Å². The van der Waals surface area contributed by atoms with Gasteiger partial charge in [-0.2, -0.15) is 0 Å². The van der Waals surface area contributed by atoms with Crippen molar-refractivity contribution < 1.29 is 9.53 Å². The van der Waals surface area contributed by atoms with Gasteiger partial charge in [0.1, 0.15) is 0 Å². The Morgan fingerprint density at radius 1 is 1.35 bits per heavy atom. The number of carbonyl (C=O) groups excluding carboxylic acids is 1. The Hall–Kier alpha value is -1.59. The Morgan fingerprint density at radius 2 is 2.13 bits per heavy atom. The molecule has 1 saturated heterocycles. The number of hydrogen-bond acceptors (Lipinski definition) is 3. The standard InChI is InChI=1S/C18H29N3O2/c1-16-15-21(11-6-14-23-16)18(22)19-10-13-20(2)12-9-17-7-4-3-5-8-17/h3-5,7-8,16H,6,9-15H2,1-2H3,(H,19,22)/t16-/m0/s1. The maximum Gasteiger partial charge on any atom is 0.317 e. The highest BCUT2D eigenvalue weighted by molar-refractivity contribution is 5.74. The van der Waals surface area contributed by atoms with Crippen molar-refractivity contribution in [3.05, 3.63) is 35.9 Å². The van der Waals surface area contributed by atoms with Crippen LogP contribution < -0.4 is 5.32 Å². The summed E-state index contributed by atoms with van der Waals surface area (Å²) in [7, 11) is 2.09. The highest BCUT2D eigenvalue weighted by atomic mass is 16.5. The Kier molecular flexibility index (Phi) is 7.36. The molecule has 2 rings (SSSR count). The fraction of sp³-hybridized carbons (Fsp3) is 0.611. The van der Waals surface area contributed by atoms with Crippen LogP contribution in [0, 0.1) is 0 Å². The summed E-state index contributed by atoms with van der Waals surface area (Å²) in [4.78, 5) is 16.3. The summed E-state index contributed by atoms with van der Waals surface area (Å²) < 4.78 is 5.57. The normalized spacial score (nSPS) is 18.7. The molecule has 0 bridgehead atoms. The van der Waals surface area contributed by atoms with E-state index in [9.17, 15) is 4.79 Å². The summed E-state index contributed by atoms with van der Waals surface area (Å²) in [5.74, 6) is 0.